The number of sulfonamides is 1. The molecule has 10 heteroatoms. The monoisotopic (exact) mass is 565 g/mol. The molecule has 0 N–H and O–H groups in total. The van der Waals surface area contributed by atoms with Crippen molar-refractivity contribution in [3.05, 3.63) is 83.9 Å². The van der Waals surface area contributed by atoms with Gasteiger partial charge in [0.1, 0.15) is 5.75 Å². The summed E-state index contributed by atoms with van der Waals surface area (Å²) in [6, 6.07) is 21.3. The van der Waals surface area contributed by atoms with Gasteiger partial charge in [0.15, 0.2) is 5.13 Å². The van der Waals surface area contributed by atoms with E-state index in [1.807, 2.05) is 55.5 Å². The Balaban J connectivity index is 1.41. The lowest BCUT2D eigenvalue weighted by atomic mass is 10.2. The number of benzene rings is 3. The number of aromatic nitrogens is 1. The first-order chi connectivity index (χ1) is 18.9. The zero-order valence-electron chi connectivity index (χ0n) is 21.9. The standard InChI is InChI=1S/C29H31N3O5S2/c1-3-31(19-21-8-5-4-6-9-21)39(34,35)25-14-11-22(12-15-25)28(33)32(20-24-10-7-17-37-24)29-30-26-16-13-23(36-2)18-27(26)38-29/h4-6,8-9,11-16,18,24H,3,7,10,17,19-20H2,1-2H3. The molecule has 0 spiro atoms. The van der Waals surface area contributed by atoms with Gasteiger partial charge >= 0.3 is 0 Å². The van der Waals surface area contributed by atoms with E-state index >= 15 is 0 Å². The van der Waals surface area contributed by atoms with Crippen molar-refractivity contribution in [3.63, 3.8) is 0 Å². The molecule has 1 atom stereocenters. The quantitative estimate of drug-likeness (QED) is 0.258. The van der Waals surface area contributed by atoms with Crippen molar-refractivity contribution < 1.29 is 22.7 Å². The number of anilines is 1. The Morgan fingerprint density at radius 2 is 1.87 bits per heavy atom. The van der Waals surface area contributed by atoms with Crippen LogP contribution in [0.5, 0.6) is 5.75 Å². The molecule has 1 amide bonds. The van der Waals surface area contributed by atoms with Crippen molar-refractivity contribution in [2.75, 3.05) is 31.7 Å². The third-order valence-corrected chi connectivity index (χ3v) is 9.74. The number of amides is 1. The lowest BCUT2D eigenvalue weighted by Gasteiger charge is -2.23. The van der Waals surface area contributed by atoms with Crippen molar-refractivity contribution in [3.8, 4) is 5.75 Å². The number of ether oxygens (including phenoxy) is 2. The first kappa shape index (κ1) is 27.3. The third kappa shape index (κ3) is 5.99. The van der Waals surface area contributed by atoms with Crippen molar-refractivity contribution in [2.24, 2.45) is 0 Å². The number of carbonyl (C=O) groups is 1. The Hall–Kier alpha value is -3.31. The van der Waals surface area contributed by atoms with Crippen LogP contribution in [0.25, 0.3) is 10.2 Å². The summed E-state index contributed by atoms with van der Waals surface area (Å²) in [5.74, 6) is 0.469. The number of carbonyl (C=O) groups excluding carboxylic acids is 1. The Labute approximate surface area is 232 Å². The molecular formula is C29H31N3O5S2. The summed E-state index contributed by atoms with van der Waals surface area (Å²) in [6.45, 7) is 3.46. The molecule has 0 radical (unpaired) electrons. The van der Waals surface area contributed by atoms with Gasteiger partial charge in [-0.05, 0) is 60.9 Å². The van der Waals surface area contributed by atoms with Gasteiger partial charge in [-0.1, -0.05) is 48.6 Å². The fourth-order valence-electron chi connectivity index (χ4n) is 4.60. The molecule has 1 unspecified atom stereocenters. The molecule has 4 aromatic rings. The van der Waals surface area contributed by atoms with Gasteiger partial charge in [-0.15, -0.1) is 0 Å². The number of methoxy groups -OCH3 is 1. The van der Waals surface area contributed by atoms with Crippen LogP contribution in [0.1, 0.15) is 35.7 Å². The van der Waals surface area contributed by atoms with E-state index in [0.717, 1.165) is 34.4 Å². The minimum Gasteiger partial charge on any atom is -0.497 e. The average molecular weight is 566 g/mol. The topological polar surface area (TPSA) is 89.0 Å². The number of fused-ring (bicyclic) bond motifs is 1. The molecular weight excluding hydrogens is 534 g/mol. The van der Waals surface area contributed by atoms with Crippen LogP contribution < -0.4 is 9.64 Å². The van der Waals surface area contributed by atoms with Crippen LogP contribution in [0.4, 0.5) is 5.13 Å². The lowest BCUT2D eigenvalue weighted by molar-refractivity contribution is 0.0917. The van der Waals surface area contributed by atoms with Crippen LogP contribution in [-0.2, 0) is 21.3 Å². The maximum atomic E-state index is 13.8. The van der Waals surface area contributed by atoms with Crippen LogP contribution in [0, 0.1) is 0 Å². The molecule has 1 aliphatic rings. The normalized spacial score (nSPS) is 15.6. The van der Waals surface area contributed by atoms with Gasteiger partial charge in [0, 0.05) is 25.3 Å². The molecule has 0 bridgehead atoms. The predicted molar refractivity (Wildman–Crippen MR) is 153 cm³/mol. The van der Waals surface area contributed by atoms with Crippen LogP contribution in [0.2, 0.25) is 0 Å². The van der Waals surface area contributed by atoms with Gasteiger partial charge in [0.25, 0.3) is 5.91 Å². The predicted octanol–water partition coefficient (Wildman–Crippen LogP) is 5.34. The fraction of sp³-hybridized carbons (Fsp3) is 0.310. The second kappa shape index (κ2) is 11.8. The SMILES string of the molecule is CCN(Cc1ccccc1)S(=O)(=O)c1ccc(C(=O)N(CC2CCCO2)c2nc3ccc(OC)cc3s2)cc1. The molecule has 8 nitrogen and oxygen atoms in total. The molecule has 5 rings (SSSR count). The fourth-order valence-corrected chi connectivity index (χ4v) is 7.04. The Kier molecular flexibility index (Phi) is 8.27. The molecule has 1 fully saturated rings. The van der Waals surface area contributed by atoms with E-state index in [1.54, 1.807) is 24.1 Å². The largest absolute Gasteiger partial charge is 0.497 e. The second-order valence-corrected chi connectivity index (χ2v) is 12.3. The number of thiazole rings is 1. The zero-order chi connectivity index (χ0) is 27.4. The molecule has 1 aliphatic heterocycles. The number of hydrogen-bond donors (Lipinski definition) is 0. The number of rotatable bonds is 10. The zero-order valence-corrected chi connectivity index (χ0v) is 23.6. The van der Waals surface area contributed by atoms with Crippen molar-refractivity contribution in [1.29, 1.82) is 0 Å². The molecule has 2 heterocycles. The van der Waals surface area contributed by atoms with Gasteiger partial charge in [0.2, 0.25) is 10.0 Å². The average Bonchev–Trinajstić information content (AvgIpc) is 3.64. The summed E-state index contributed by atoms with van der Waals surface area (Å²) < 4.78 is 40.3. The highest BCUT2D eigenvalue weighted by molar-refractivity contribution is 7.89. The molecule has 0 aliphatic carbocycles. The summed E-state index contributed by atoms with van der Waals surface area (Å²) in [6.07, 6.45) is 1.74. The van der Waals surface area contributed by atoms with Gasteiger partial charge in [-0.3, -0.25) is 9.69 Å². The summed E-state index contributed by atoms with van der Waals surface area (Å²) in [5.41, 5.74) is 2.07. The lowest BCUT2D eigenvalue weighted by Crippen LogP contribution is -2.37. The molecule has 3 aromatic carbocycles. The molecule has 0 saturated carbocycles. The summed E-state index contributed by atoms with van der Waals surface area (Å²) in [4.78, 5) is 20.3. The van der Waals surface area contributed by atoms with E-state index in [-0.39, 0.29) is 23.5 Å². The molecule has 204 valence electrons. The van der Waals surface area contributed by atoms with E-state index in [4.69, 9.17) is 14.5 Å². The van der Waals surface area contributed by atoms with Gasteiger partial charge in [0.05, 0.1) is 34.9 Å². The molecule has 39 heavy (non-hydrogen) atoms. The smallest absolute Gasteiger partial charge is 0.260 e. The summed E-state index contributed by atoms with van der Waals surface area (Å²) in [5, 5.41) is 0.565. The maximum absolute atomic E-state index is 13.8. The number of nitrogens with zero attached hydrogens (tertiary/aromatic N) is 3. The maximum Gasteiger partial charge on any atom is 0.260 e. The summed E-state index contributed by atoms with van der Waals surface area (Å²) >= 11 is 1.41. The summed E-state index contributed by atoms with van der Waals surface area (Å²) in [7, 11) is -2.13. The van der Waals surface area contributed by atoms with E-state index in [2.05, 4.69) is 0 Å². The second-order valence-electron chi connectivity index (χ2n) is 9.32. The van der Waals surface area contributed by atoms with Gasteiger partial charge < -0.3 is 9.47 Å². The van der Waals surface area contributed by atoms with Crippen molar-refractivity contribution in [2.45, 2.75) is 37.3 Å². The third-order valence-electron chi connectivity index (χ3n) is 6.76. The van der Waals surface area contributed by atoms with Gasteiger partial charge in [-0.25, -0.2) is 13.4 Å². The van der Waals surface area contributed by atoms with Crippen LogP contribution in [0.15, 0.2) is 77.7 Å². The van der Waals surface area contributed by atoms with E-state index in [9.17, 15) is 13.2 Å². The highest BCUT2D eigenvalue weighted by Crippen LogP contribution is 2.33. The van der Waals surface area contributed by atoms with Gasteiger partial charge in [-0.2, -0.15) is 4.31 Å². The number of hydrogen-bond acceptors (Lipinski definition) is 7. The van der Waals surface area contributed by atoms with E-state index in [0.29, 0.717) is 30.4 Å². The van der Waals surface area contributed by atoms with Crippen molar-refractivity contribution in [1.82, 2.24) is 9.29 Å². The highest BCUT2D eigenvalue weighted by atomic mass is 32.2. The van der Waals surface area contributed by atoms with Crippen LogP contribution in [0.3, 0.4) is 0 Å². The first-order valence-electron chi connectivity index (χ1n) is 12.9. The Morgan fingerprint density at radius 1 is 1.10 bits per heavy atom. The van der Waals surface area contributed by atoms with Crippen LogP contribution >= 0.6 is 11.3 Å². The minimum atomic E-state index is -3.74. The van der Waals surface area contributed by atoms with Crippen LogP contribution in [-0.4, -0.2) is 56.5 Å². The Bertz CT molecular complexity index is 1530. The Morgan fingerprint density at radius 3 is 2.54 bits per heavy atom. The molecule has 1 aromatic heterocycles. The van der Waals surface area contributed by atoms with E-state index in [1.165, 1.54) is 27.8 Å². The first-order valence-corrected chi connectivity index (χ1v) is 15.2. The highest BCUT2D eigenvalue weighted by Gasteiger charge is 2.28. The van der Waals surface area contributed by atoms with Crippen molar-refractivity contribution >= 4 is 42.6 Å². The van der Waals surface area contributed by atoms with E-state index < -0.39 is 10.0 Å². The minimum absolute atomic E-state index is 0.0775. The molecule has 1 saturated heterocycles.